The Morgan fingerprint density at radius 2 is 1.82 bits per heavy atom. The first-order valence-corrected chi connectivity index (χ1v) is 13.1. The lowest BCUT2D eigenvalue weighted by Crippen LogP contribution is -2.59. The molecule has 3 fully saturated rings. The second-order valence-corrected chi connectivity index (χ2v) is 10.2. The minimum atomic E-state index is -0.514. The quantitative estimate of drug-likeness (QED) is 0.516. The maximum Gasteiger partial charge on any atom is 0.245 e. The van der Waals surface area contributed by atoms with Crippen molar-refractivity contribution in [2.45, 2.75) is 82.5 Å². The van der Waals surface area contributed by atoms with Gasteiger partial charge in [0.15, 0.2) is 5.78 Å². The SMILES string of the molecule is CCC(NC)C(=O)NC(C(=O)N1CCC2CNC(C(=O)Cc3ccccc3)C21)C1CCCCC1. The number of amides is 2. The molecule has 1 aromatic carbocycles. The van der Waals surface area contributed by atoms with Gasteiger partial charge in [-0.05, 0) is 50.1 Å². The van der Waals surface area contributed by atoms with E-state index in [9.17, 15) is 14.4 Å². The third kappa shape index (κ3) is 5.36. The number of ketones is 1. The van der Waals surface area contributed by atoms with Crippen molar-refractivity contribution < 1.29 is 14.4 Å². The van der Waals surface area contributed by atoms with Crippen LogP contribution in [0.15, 0.2) is 30.3 Å². The predicted octanol–water partition coefficient (Wildman–Crippen LogP) is 2.05. The van der Waals surface area contributed by atoms with Crippen LogP contribution in [0, 0.1) is 11.8 Å². The molecule has 1 aromatic rings. The number of likely N-dealkylation sites (N-methyl/N-ethyl adjacent to an activating group) is 1. The van der Waals surface area contributed by atoms with E-state index >= 15 is 0 Å². The third-order valence-electron chi connectivity index (χ3n) is 8.13. The molecule has 5 atom stereocenters. The van der Waals surface area contributed by atoms with Crippen molar-refractivity contribution in [3.8, 4) is 0 Å². The lowest BCUT2D eigenvalue weighted by molar-refractivity contribution is -0.140. The predicted molar refractivity (Wildman–Crippen MR) is 132 cm³/mol. The Kier molecular flexibility index (Phi) is 8.37. The highest BCUT2D eigenvalue weighted by molar-refractivity contribution is 5.92. The van der Waals surface area contributed by atoms with Gasteiger partial charge in [-0.25, -0.2) is 0 Å². The monoisotopic (exact) mass is 468 g/mol. The molecule has 1 aliphatic carbocycles. The minimum absolute atomic E-state index is 0.0000766. The number of hydrogen-bond donors (Lipinski definition) is 3. The molecule has 1 saturated carbocycles. The van der Waals surface area contributed by atoms with E-state index in [0.717, 1.165) is 44.2 Å². The van der Waals surface area contributed by atoms with E-state index in [1.807, 2.05) is 42.2 Å². The molecule has 3 N–H and O–H groups in total. The van der Waals surface area contributed by atoms with Gasteiger partial charge in [-0.1, -0.05) is 56.5 Å². The van der Waals surface area contributed by atoms with Gasteiger partial charge in [-0.3, -0.25) is 14.4 Å². The van der Waals surface area contributed by atoms with Crippen LogP contribution in [0.1, 0.15) is 57.4 Å². The van der Waals surface area contributed by atoms with Crippen LogP contribution in [0.25, 0.3) is 0 Å². The summed E-state index contributed by atoms with van der Waals surface area (Å²) < 4.78 is 0. The first-order valence-electron chi connectivity index (χ1n) is 13.1. The number of Topliss-reactive ketones (excluding diaryl/α,β-unsaturated/α-hetero) is 1. The van der Waals surface area contributed by atoms with Crippen molar-refractivity contribution >= 4 is 17.6 Å². The Bertz CT molecular complexity index is 851. The summed E-state index contributed by atoms with van der Waals surface area (Å²) >= 11 is 0. The Balaban J connectivity index is 1.51. The van der Waals surface area contributed by atoms with E-state index in [1.54, 1.807) is 7.05 Å². The van der Waals surface area contributed by atoms with Gasteiger partial charge in [-0.15, -0.1) is 0 Å². The van der Waals surface area contributed by atoms with Crippen LogP contribution in [0.3, 0.4) is 0 Å². The van der Waals surface area contributed by atoms with E-state index in [4.69, 9.17) is 0 Å². The fourth-order valence-corrected chi connectivity index (χ4v) is 6.22. The number of hydrogen-bond acceptors (Lipinski definition) is 5. The van der Waals surface area contributed by atoms with Crippen molar-refractivity contribution in [3.05, 3.63) is 35.9 Å². The van der Waals surface area contributed by atoms with Gasteiger partial charge in [0.1, 0.15) is 6.04 Å². The number of benzene rings is 1. The van der Waals surface area contributed by atoms with Gasteiger partial charge in [0.25, 0.3) is 0 Å². The van der Waals surface area contributed by atoms with Crippen LogP contribution in [0.4, 0.5) is 0 Å². The van der Waals surface area contributed by atoms with Gasteiger partial charge in [0.2, 0.25) is 11.8 Å². The van der Waals surface area contributed by atoms with Gasteiger partial charge in [-0.2, -0.15) is 0 Å². The maximum atomic E-state index is 14.0. The summed E-state index contributed by atoms with van der Waals surface area (Å²) in [5.74, 6) is 0.479. The van der Waals surface area contributed by atoms with Crippen molar-refractivity contribution in [2.24, 2.45) is 11.8 Å². The van der Waals surface area contributed by atoms with E-state index in [0.29, 0.717) is 19.4 Å². The second-order valence-electron chi connectivity index (χ2n) is 10.2. The maximum absolute atomic E-state index is 14.0. The fourth-order valence-electron chi connectivity index (χ4n) is 6.22. The Morgan fingerprint density at radius 1 is 1.09 bits per heavy atom. The Labute approximate surface area is 203 Å². The van der Waals surface area contributed by atoms with Crippen molar-refractivity contribution in [2.75, 3.05) is 20.1 Å². The molecular formula is C27H40N4O3. The molecule has 2 saturated heterocycles. The number of nitrogens with zero attached hydrogens (tertiary/aromatic N) is 1. The van der Waals surface area contributed by atoms with Crippen LogP contribution in [0.2, 0.25) is 0 Å². The molecule has 0 bridgehead atoms. The van der Waals surface area contributed by atoms with Crippen LogP contribution in [-0.2, 0) is 20.8 Å². The summed E-state index contributed by atoms with van der Waals surface area (Å²) in [5, 5.41) is 9.61. The number of fused-ring (bicyclic) bond motifs is 1. The molecule has 7 heteroatoms. The van der Waals surface area contributed by atoms with Gasteiger partial charge in [0, 0.05) is 19.5 Å². The highest BCUT2D eigenvalue weighted by Crippen LogP contribution is 2.34. The molecule has 0 radical (unpaired) electrons. The molecule has 2 amide bonds. The molecule has 34 heavy (non-hydrogen) atoms. The molecule has 4 rings (SSSR count). The molecule has 186 valence electrons. The molecule has 3 aliphatic rings. The lowest BCUT2D eigenvalue weighted by atomic mass is 9.82. The highest BCUT2D eigenvalue weighted by Gasteiger charge is 2.50. The topological polar surface area (TPSA) is 90.5 Å². The summed E-state index contributed by atoms with van der Waals surface area (Å²) in [5.41, 5.74) is 0.999. The summed E-state index contributed by atoms with van der Waals surface area (Å²) in [7, 11) is 1.78. The average Bonchev–Trinajstić information content (AvgIpc) is 3.46. The standard InChI is InChI=1S/C27H40N4O3/c1-3-21(28-2)26(33)30-23(19-12-8-5-9-13-19)27(34)31-15-14-20-17-29-24(25(20)31)22(32)16-18-10-6-4-7-11-18/h4,6-7,10-11,19-21,23-25,28-29H,3,5,8-9,12-17H2,1-2H3,(H,30,33). The molecular weight excluding hydrogens is 428 g/mol. The molecule has 2 heterocycles. The summed E-state index contributed by atoms with van der Waals surface area (Å²) in [6.45, 7) is 3.39. The Hall–Kier alpha value is -2.25. The summed E-state index contributed by atoms with van der Waals surface area (Å²) in [6.07, 6.45) is 7.24. The number of carbonyl (C=O) groups excluding carboxylic acids is 3. The van der Waals surface area contributed by atoms with Gasteiger partial charge < -0.3 is 20.9 Å². The first kappa shape index (κ1) is 24.9. The highest BCUT2D eigenvalue weighted by atomic mass is 16.2. The summed E-state index contributed by atoms with van der Waals surface area (Å²) in [6, 6.07) is 8.50. The zero-order chi connectivity index (χ0) is 24.1. The Morgan fingerprint density at radius 3 is 2.50 bits per heavy atom. The summed E-state index contributed by atoms with van der Waals surface area (Å²) in [4.78, 5) is 42.2. The molecule has 0 aromatic heterocycles. The van der Waals surface area contributed by atoms with Crippen LogP contribution >= 0.6 is 0 Å². The van der Waals surface area contributed by atoms with Crippen LogP contribution in [-0.4, -0.2) is 66.8 Å². The molecule has 2 aliphatic heterocycles. The van der Waals surface area contributed by atoms with Crippen molar-refractivity contribution in [1.82, 2.24) is 20.9 Å². The average molecular weight is 469 g/mol. The number of nitrogens with one attached hydrogen (secondary N) is 3. The molecule has 0 spiro atoms. The van der Waals surface area contributed by atoms with Crippen molar-refractivity contribution in [3.63, 3.8) is 0 Å². The first-order chi connectivity index (χ1) is 16.5. The van der Waals surface area contributed by atoms with E-state index in [1.165, 1.54) is 6.42 Å². The van der Waals surface area contributed by atoms with E-state index in [-0.39, 0.29) is 47.6 Å². The fraction of sp³-hybridized carbons (Fsp3) is 0.667. The van der Waals surface area contributed by atoms with E-state index < -0.39 is 6.04 Å². The van der Waals surface area contributed by atoms with Gasteiger partial charge >= 0.3 is 0 Å². The number of likely N-dealkylation sites (tertiary alicyclic amines) is 1. The third-order valence-corrected chi connectivity index (χ3v) is 8.13. The second kappa shape index (κ2) is 11.5. The molecule has 7 nitrogen and oxygen atoms in total. The van der Waals surface area contributed by atoms with Crippen molar-refractivity contribution in [1.29, 1.82) is 0 Å². The zero-order valence-corrected chi connectivity index (χ0v) is 20.6. The van der Waals surface area contributed by atoms with E-state index in [2.05, 4.69) is 16.0 Å². The van der Waals surface area contributed by atoms with Gasteiger partial charge in [0.05, 0.1) is 18.1 Å². The minimum Gasteiger partial charge on any atom is -0.343 e. The molecule has 5 unspecified atom stereocenters. The number of rotatable bonds is 9. The zero-order valence-electron chi connectivity index (χ0n) is 20.6. The van der Waals surface area contributed by atoms with Crippen LogP contribution < -0.4 is 16.0 Å². The largest absolute Gasteiger partial charge is 0.343 e. The normalized spacial score (nSPS) is 26.6. The lowest BCUT2D eigenvalue weighted by Gasteiger charge is -2.36. The number of carbonyl (C=O) groups is 3. The van der Waals surface area contributed by atoms with Crippen LogP contribution in [0.5, 0.6) is 0 Å². The smallest absolute Gasteiger partial charge is 0.245 e.